The quantitative estimate of drug-likeness (QED) is 0.875. The first-order chi connectivity index (χ1) is 9.16. The number of nitrogens with zero attached hydrogens (tertiary/aromatic N) is 1. The molecule has 0 amide bonds. The number of benzene rings is 1. The summed E-state index contributed by atoms with van der Waals surface area (Å²) in [5.74, 6) is 0. The van der Waals surface area contributed by atoms with Crippen LogP contribution < -0.4 is 5.73 Å². The van der Waals surface area contributed by atoms with Crippen LogP contribution in [0.5, 0.6) is 0 Å². The monoisotopic (exact) mass is 294 g/mol. The van der Waals surface area contributed by atoms with Crippen molar-refractivity contribution in [3.63, 3.8) is 0 Å². The van der Waals surface area contributed by atoms with E-state index in [4.69, 9.17) is 17.3 Å². The van der Waals surface area contributed by atoms with Gasteiger partial charge in [0.05, 0.1) is 0 Å². The Hall–Kier alpha value is -0.870. The molecule has 102 valence electrons. The number of thiophene rings is 1. The summed E-state index contributed by atoms with van der Waals surface area (Å²) in [5.41, 5.74) is 8.60. The highest BCUT2D eigenvalue weighted by molar-refractivity contribution is 7.07. The zero-order valence-corrected chi connectivity index (χ0v) is 12.6. The molecule has 1 unspecified atom stereocenters. The molecule has 0 aliphatic heterocycles. The van der Waals surface area contributed by atoms with E-state index >= 15 is 0 Å². The minimum Gasteiger partial charge on any atom is -0.324 e. The molecule has 2 rings (SSSR count). The van der Waals surface area contributed by atoms with E-state index in [0.717, 1.165) is 30.1 Å². The van der Waals surface area contributed by atoms with Crippen molar-refractivity contribution in [2.75, 3.05) is 13.6 Å². The largest absolute Gasteiger partial charge is 0.324 e. The predicted molar refractivity (Wildman–Crippen MR) is 83.7 cm³/mol. The van der Waals surface area contributed by atoms with Crippen molar-refractivity contribution >= 4 is 22.9 Å². The van der Waals surface area contributed by atoms with Gasteiger partial charge in [-0.2, -0.15) is 11.3 Å². The molecule has 1 heterocycles. The molecule has 1 atom stereocenters. The van der Waals surface area contributed by atoms with Gasteiger partial charge in [0.25, 0.3) is 0 Å². The van der Waals surface area contributed by atoms with E-state index in [2.05, 4.69) is 28.8 Å². The maximum Gasteiger partial charge on any atom is 0.0453 e. The van der Waals surface area contributed by atoms with Gasteiger partial charge in [0.15, 0.2) is 0 Å². The zero-order chi connectivity index (χ0) is 13.7. The summed E-state index contributed by atoms with van der Waals surface area (Å²) in [6.45, 7) is 1.93. The summed E-state index contributed by atoms with van der Waals surface area (Å²) < 4.78 is 0. The second-order valence-corrected chi connectivity index (χ2v) is 5.97. The first kappa shape index (κ1) is 14.5. The smallest absolute Gasteiger partial charge is 0.0453 e. The summed E-state index contributed by atoms with van der Waals surface area (Å²) in [6, 6.07) is 9.98. The van der Waals surface area contributed by atoms with Gasteiger partial charge < -0.3 is 10.6 Å². The van der Waals surface area contributed by atoms with Crippen LogP contribution >= 0.6 is 22.9 Å². The SMILES string of the molecule is CN(CCC(N)c1ccccc1Cl)Cc1ccsc1. The topological polar surface area (TPSA) is 29.3 Å². The lowest BCUT2D eigenvalue weighted by Crippen LogP contribution is -2.23. The molecule has 19 heavy (non-hydrogen) atoms. The average Bonchev–Trinajstić information content (AvgIpc) is 2.89. The lowest BCUT2D eigenvalue weighted by Gasteiger charge is -2.19. The molecule has 2 aromatic rings. The Labute approximate surface area is 123 Å². The van der Waals surface area contributed by atoms with Crippen molar-refractivity contribution in [2.24, 2.45) is 5.73 Å². The number of nitrogens with two attached hydrogens (primary N) is 1. The van der Waals surface area contributed by atoms with Crippen LogP contribution in [-0.2, 0) is 6.54 Å². The first-order valence-corrected chi connectivity index (χ1v) is 7.68. The Morgan fingerprint density at radius 1 is 1.32 bits per heavy atom. The molecule has 0 radical (unpaired) electrons. The summed E-state index contributed by atoms with van der Waals surface area (Å²) in [7, 11) is 2.12. The Kier molecular flexibility index (Phi) is 5.40. The van der Waals surface area contributed by atoms with Gasteiger partial charge in [0, 0.05) is 17.6 Å². The second kappa shape index (κ2) is 7.06. The molecule has 0 fully saturated rings. The predicted octanol–water partition coefficient (Wildman–Crippen LogP) is 3.92. The Bertz CT molecular complexity index is 499. The summed E-state index contributed by atoms with van der Waals surface area (Å²) in [6.07, 6.45) is 0.907. The van der Waals surface area contributed by atoms with Crippen molar-refractivity contribution in [3.8, 4) is 0 Å². The lowest BCUT2D eigenvalue weighted by molar-refractivity contribution is 0.312. The third kappa shape index (κ3) is 4.32. The average molecular weight is 295 g/mol. The number of hydrogen-bond donors (Lipinski definition) is 1. The fraction of sp³-hybridized carbons (Fsp3) is 0.333. The second-order valence-electron chi connectivity index (χ2n) is 4.79. The van der Waals surface area contributed by atoms with Gasteiger partial charge in [-0.25, -0.2) is 0 Å². The molecule has 4 heteroatoms. The highest BCUT2D eigenvalue weighted by Crippen LogP contribution is 2.23. The highest BCUT2D eigenvalue weighted by Gasteiger charge is 2.10. The van der Waals surface area contributed by atoms with Gasteiger partial charge in [-0.05, 0) is 54.0 Å². The van der Waals surface area contributed by atoms with E-state index in [1.165, 1.54) is 5.56 Å². The number of hydrogen-bond acceptors (Lipinski definition) is 3. The zero-order valence-electron chi connectivity index (χ0n) is 11.1. The lowest BCUT2D eigenvalue weighted by atomic mass is 10.0. The van der Waals surface area contributed by atoms with Crippen LogP contribution in [-0.4, -0.2) is 18.5 Å². The van der Waals surface area contributed by atoms with Crippen molar-refractivity contribution in [2.45, 2.75) is 19.0 Å². The molecule has 0 bridgehead atoms. The minimum absolute atomic E-state index is 0.00127. The van der Waals surface area contributed by atoms with Gasteiger partial charge in [-0.15, -0.1) is 0 Å². The third-order valence-electron chi connectivity index (χ3n) is 3.16. The van der Waals surface area contributed by atoms with Crippen LogP contribution in [0.2, 0.25) is 5.02 Å². The minimum atomic E-state index is -0.00127. The van der Waals surface area contributed by atoms with Gasteiger partial charge >= 0.3 is 0 Å². The van der Waals surface area contributed by atoms with Crippen LogP contribution in [0, 0.1) is 0 Å². The normalized spacial score (nSPS) is 12.8. The Morgan fingerprint density at radius 3 is 2.79 bits per heavy atom. The molecule has 1 aromatic heterocycles. The molecule has 1 aromatic carbocycles. The Morgan fingerprint density at radius 2 is 2.11 bits per heavy atom. The molecule has 0 spiro atoms. The van der Waals surface area contributed by atoms with E-state index in [9.17, 15) is 0 Å². The van der Waals surface area contributed by atoms with Gasteiger partial charge in [0.1, 0.15) is 0 Å². The molecular weight excluding hydrogens is 276 g/mol. The van der Waals surface area contributed by atoms with Crippen molar-refractivity contribution in [1.29, 1.82) is 0 Å². The van der Waals surface area contributed by atoms with Crippen LogP contribution in [0.4, 0.5) is 0 Å². The highest BCUT2D eigenvalue weighted by atomic mass is 35.5. The van der Waals surface area contributed by atoms with Gasteiger partial charge in [-0.3, -0.25) is 0 Å². The molecule has 2 N–H and O–H groups in total. The van der Waals surface area contributed by atoms with Crippen molar-refractivity contribution in [3.05, 3.63) is 57.2 Å². The summed E-state index contributed by atoms with van der Waals surface area (Å²) >= 11 is 7.89. The van der Waals surface area contributed by atoms with Crippen molar-refractivity contribution in [1.82, 2.24) is 4.90 Å². The van der Waals surface area contributed by atoms with E-state index in [0.29, 0.717) is 0 Å². The van der Waals surface area contributed by atoms with E-state index in [-0.39, 0.29) is 6.04 Å². The van der Waals surface area contributed by atoms with Crippen LogP contribution in [0.1, 0.15) is 23.6 Å². The van der Waals surface area contributed by atoms with E-state index in [1.807, 2.05) is 24.3 Å². The summed E-state index contributed by atoms with van der Waals surface area (Å²) in [4.78, 5) is 2.29. The third-order valence-corrected chi connectivity index (χ3v) is 4.24. The van der Waals surface area contributed by atoms with Crippen LogP contribution in [0.15, 0.2) is 41.1 Å². The van der Waals surface area contributed by atoms with Crippen LogP contribution in [0.3, 0.4) is 0 Å². The maximum absolute atomic E-state index is 6.21. The molecule has 0 saturated heterocycles. The summed E-state index contributed by atoms with van der Waals surface area (Å²) in [5, 5.41) is 5.05. The molecular formula is C15H19ClN2S. The fourth-order valence-electron chi connectivity index (χ4n) is 2.06. The van der Waals surface area contributed by atoms with Crippen LogP contribution in [0.25, 0.3) is 0 Å². The molecule has 0 aliphatic carbocycles. The first-order valence-electron chi connectivity index (χ1n) is 6.36. The molecule has 0 aliphatic rings. The standard InChI is InChI=1S/C15H19ClN2S/c1-18(10-12-7-9-19-11-12)8-6-15(17)13-4-2-3-5-14(13)16/h2-5,7,9,11,15H,6,8,10,17H2,1H3. The number of rotatable bonds is 6. The number of halogens is 1. The maximum atomic E-state index is 6.21. The molecule has 0 saturated carbocycles. The van der Waals surface area contributed by atoms with Gasteiger partial charge in [0.2, 0.25) is 0 Å². The molecule has 2 nitrogen and oxygen atoms in total. The van der Waals surface area contributed by atoms with Crippen molar-refractivity contribution < 1.29 is 0 Å². The Balaban J connectivity index is 1.83. The van der Waals surface area contributed by atoms with Gasteiger partial charge in [-0.1, -0.05) is 29.8 Å². The van der Waals surface area contributed by atoms with E-state index < -0.39 is 0 Å². The fourth-order valence-corrected chi connectivity index (χ4v) is 3.00. The van der Waals surface area contributed by atoms with E-state index in [1.54, 1.807) is 11.3 Å².